The number of hydrogen-bond donors (Lipinski definition) is 0. The second kappa shape index (κ2) is 9.02. The van der Waals surface area contributed by atoms with Gasteiger partial charge in [0, 0.05) is 11.3 Å². The Labute approximate surface area is 191 Å². The third-order valence-corrected chi connectivity index (χ3v) is 17.3. The lowest BCUT2D eigenvalue weighted by Gasteiger charge is -2.44. The summed E-state index contributed by atoms with van der Waals surface area (Å²) in [4.78, 5) is 1.24. The zero-order valence-corrected chi connectivity index (χ0v) is 23.9. The van der Waals surface area contributed by atoms with Crippen molar-refractivity contribution in [1.29, 1.82) is 0 Å². The smallest absolute Gasteiger partial charge is 0.192 e. The Bertz CT molecular complexity index is 695. The molecular formula is C24H44O3SSi2. The molecule has 30 heavy (non-hydrogen) atoms. The molecule has 6 heteroatoms. The van der Waals surface area contributed by atoms with Gasteiger partial charge in [-0.15, -0.1) is 0 Å². The Morgan fingerprint density at radius 3 is 2.00 bits per heavy atom. The van der Waals surface area contributed by atoms with Crippen LogP contribution < -0.4 is 0 Å². The molecule has 0 amide bonds. The summed E-state index contributed by atoms with van der Waals surface area (Å²) >= 11 is 1.80. The lowest BCUT2D eigenvalue weighted by atomic mass is 10.0. The lowest BCUT2D eigenvalue weighted by Crippen LogP contribution is -2.53. The Morgan fingerprint density at radius 2 is 1.50 bits per heavy atom. The van der Waals surface area contributed by atoms with E-state index in [0.717, 1.165) is 6.42 Å². The van der Waals surface area contributed by atoms with Gasteiger partial charge in [-0.2, -0.15) is 0 Å². The first kappa shape index (κ1) is 26.1. The second-order valence-electron chi connectivity index (χ2n) is 11.9. The molecule has 1 heterocycles. The summed E-state index contributed by atoms with van der Waals surface area (Å²) in [6, 6.07) is 10.5. The van der Waals surface area contributed by atoms with Gasteiger partial charge in [-0.3, -0.25) is 0 Å². The second-order valence-corrected chi connectivity index (χ2v) is 22.7. The number of rotatable bonds is 7. The van der Waals surface area contributed by atoms with Crippen molar-refractivity contribution in [2.75, 3.05) is 6.61 Å². The van der Waals surface area contributed by atoms with Crippen LogP contribution in [0.25, 0.3) is 0 Å². The zero-order chi connectivity index (χ0) is 23.0. The van der Waals surface area contributed by atoms with Crippen LogP contribution in [0.2, 0.25) is 36.3 Å². The normalized spacial score (nSPS) is 26.2. The molecular weight excluding hydrogens is 425 g/mol. The van der Waals surface area contributed by atoms with E-state index < -0.39 is 22.2 Å². The van der Waals surface area contributed by atoms with Crippen molar-refractivity contribution in [3.63, 3.8) is 0 Å². The van der Waals surface area contributed by atoms with Gasteiger partial charge in [0.1, 0.15) is 11.0 Å². The van der Waals surface area contributed by atoms with Crippen molar-refractivity contribution in [2.24, 2.45) is 0 Å². The predicted octanol–water partition coefficient (Wildman–Crippen LogP) is 7.70. The van der Waals surface area contributed by atoms with Crippen molar-refractivity contribution in [2.45, 2.75) is 113 Å². The highest BCUT2D eigenvalue weighted by Crippen LogP contribution is 2.46. The molecule has 1 aromatic carbocycles. The number of thioether (sulfide) groups is 1. The first-order valence-corrected chi connectivity index (χ1v) is 17.9. The fourth-order valence-electron chi connectivity index (χ4n) is 2.94. The van der Waals surface area contributed by atoms with Crippen LogP contribution >= 0.6 is 11.8 Å². The van der Waals surface area contributed by atoms with Crippen molar-refractivity contribution < 1.29 is 13.6 Å². The third kappa shape index (κ3) is 6.23. The molecule has 1 unspecified atom stereocenters. The van der Waals surface area contributed by atoms with Gasteiger partial charge in [-0.05, 0) is 55.3 Å². The molecule has 0 aliphatic carbocycles. The predicted molar refractivity (Wildman–Crippen MR) is 135 cm³/mol. The van der Waals surface area contributed by atoms with Crippen LogP contribution in [0, 0.1) is 0 Å². The largest absolute Gasteiger partial charge is 0.414 e. The molecule has 1 aliphatic rings. The van der Waals surface area contributed by atoms with E-state index in [4.69, 9.17) is 13.6 Å². The van der Waals surface area contributed by atoms with Crippen molar-refractivity contribution in [3.8, 4) is 0 Å². The lowest BCUT2D eigenvalue weighted by molar-refractivity contribution is -0.0752. The molecule has 1 saturated heterocycles. The van der Waals surface area contributed by atoms with Crippen molar-refractivity contribution in [1.82, 2.24) is 0 Å². The highest BCUT2D eigenvalue weighted by Gasteiger charge is 2.52. The molecule has 0 saturated carbocycles. The molecule has 1 aliphatic heterocycles. The Morgan fingerprint density at radius 1 is 0.967 bits per heavy atom. The van der Waals surface area contributed by atoms with Gasteiger partial charge in [0.05, 0.1) is 12.7 Å². The van der Waals surface area contributed by atoms with Crippen LogP contribution in [0.4, 0.5) is 0 Å². The van der Waals surface area contributed by atoms with Crippen LogP contribution in [-0.4, -0.2) is 40.4 Å². The minimum absolute atomic E-state index is 0.0457. The number of hydrogen-bond acceptors (Lipinski definition) is 4. The first-order valence-electron chi connectivity index (χ1n) is 11.2. The maximum atomic E-state index is 6.93. The van der Waals surface area contributed by atoms with Gasteiger partial charge in [0.25, 0.3) is 0 Å². The average molecular weight is 469 g/mol. The maximum absolute atomic E-state index is 6.93. The fourth-order valence-corrected chi connectivity index (χ4v) is 6.59. The van der Waals surface area contributed by atoms with E-state index in [-0.39, 0.29) is 21.6 Å². The van der Waals surface area contributed by atoms with E-state index in [0.29, 0.717) is 6.61 Å². The summed E-state index contributed by atoms with van der Waals surface area (Å²) in [6.45, 7) is 25.8. The molecule has 1 fully saturated rings. The molecule has 0 bridgehead atoms. The highest BCUT2D eigenvalue weighted by molar-refractivity contribution is 7.99. The molecule has 3 nitrogen and oxygen atoms in total. The zero-order valence-electron chi connectivity index (χ0n) is 21.1. The van der Waals surface area contributed by atoms with E-state index in [1.165, 1.54) is 4.90 Å². The van der Waals surface area contributed by atoms with Crippen LogP contribution in [0.1, 0.15) is 54.9 Å². The van der Waals surface area contributed by atoms with Gasteiger partial charge in [0.2, 0.25) is 0 Å². The highest BCUT2D eigenvalue weighted by atomic mass is 32.2. The van der Waals surface area contributed by atoms with E-state index in [2.05, 4.69) is 105 Å². The summed E-state index contributed by atoms with van der Waals surface area (Å²) in [5, 5.41) is 0.342. The SMILES string of the molecule is CC(C)(C)[Si](C)(C)OC[C@@]1(C)OC(Sc2ccccc2)C[C@H]1O[Si](C)(C)C(C)(C)C. The fraction of sp³-hybridized carbons (Fsp3) is 0.750. The van der Waals surface area contributed by atoms with Gasteiger partial charge >= 0.3 is 0 Å². The molecule has 0 aromatic heterocycles. The third-order valence-electron chi connectivity index (χ3n) is 7.27. The van der Waals surface area contributed by atoms with Gasteiger partial charge in [-0.25, -0.2) is 0 Å². The molecule has 2 rings (SSSR count). The quantitative estimate of drug-likeness (QED) is 0.383. The van der Waals surface area contributed by atoms with Crippen LogP contribution in [0.15, 0.2) is 35.2 Å². The Hall–Kier alpha value is -0.116. The minimum atomic E-state index is -1.93. The van der Waals surface area contributed by atoms with Gasteiger partial charge < -0.3 is 13.6 Å². The Kier molecular flexibility index (Phi) is 7.86. The summed E-state index contributed by atoms with van der Waals surface area (Å²) in [5.41, 5.74) is -0.354. The van der Waals surface area contributed by atoms with E-state index in [1.54, 1.807) is 11.8 Å². The standard InChI is InChI=1S/C24H44O3SSi2/c1-22(2,3)29(8,9)25-18-24(7)20(27-30(10,11)23(4,5)6)17-21(26-24)28-19-15-13-12-14-16-19/h12-16,20-21H,17-18H2,1-11H3/t20-,21?,24-/m1/s1. The molecule has 172 valence electrons. The molecule has 0 N–H and O–H groups in total. The van der Waals surface area contributed by atoms with Crippen LogP contribution in [0.5, 0.6) is 0 Å². The Balaban J connectivity index is 2.23. The van der Waals surface area contributed by atoms with Gasteiger partial charge in [0.15, 0.2) is 16.6 Å². The van der Waals surface area contributed by atoms with Crippen molar-refractivity contribution in [3.05, 3.63) is 30.3 Å². The van der Waals surface area contributed by atoms with Gasteiger partial charge in [-0.1, -0.05) is 71.5 Å². The first-order chi connectivity index (χ1) is 13.5. The van der Waals surface area contributed by atoms with Crippen LogP contribution in [0.3, 0.4) is 0 Å². The summed E-state index contributed by atoms with van der Waals surface area (Å²) in [5.74, 6) is 0. The average Bonchev–Trinajstić information content (AvgIpc) is 2.87. The molecule has 0 radical (unpaired) electrons. The molecule has 0 spiro atoms. The molecule has 3 atom stereocenters. The summed E-state index contributed by atoms with van der Waals surface area (Å²) < 4.78 is 20.3. The minimum Gasteiger partial charge on any atom is -0.414 e. The van der Waals surface area contributed by atoms with Crippen LogP contribution in [-0.2, 0) is 13.6 Å². The summed E-state index contributed by atoms with van der Waals surface area (Å²) in [6.07, 6.45) is 0.938. The monoisotopic (exact) mass is 468 g/mol. The maximum Gasteiger partial charge on any atom is 0.192 e. The molecule has 1 aromatic rings. The number of benzene rings is 1. The topological polar surface area (TPSA) is 27.7 Å². The van der Waals surface area contributed by atoms with E-state index >= 15 is 0 Å². The van der Waals surface area contributed by atoms with E-state index in [1.807, 2.05) is 0 Å². The summed E-state index contributed by atoms with van der Waals surface area (Å²) in [7, 11) is -3.80. The van der Waals surface area contributed by atoms with Crippen molar-refractivity contribution >= 4 is 28.4 Å². The number of ether oxygens (including phenoxy) is 1. The van der Waals surface area contributed by atoms with E-state index in [9.17, 15) is 0 Å².